The molecule has 2 aliphatic heterocycles. The molecule has 1 aromatic carbocycles. The SMILES string of the molecule is N#Cc1cc([N+](=O)[O-])ccc1N1CCN(C[C@@H]2CCCO2)CC1. The van der Waals surface area contributed by atoms with Crippen LogP contribution in [-0.4, -0.2) is 55.3 Å². The van der Waals surface area contributed by atoms with E-state index in [1.54, 1.807) is 6.07 Å². The smallest absolute Gasteiger partial charge is 0.270 e. The summed E-state index contributed by atoms with van der Waals surface area (Å²) in [6.07, 6.45) is 2.65. The van der Waals surface area contributed by atoms with Gasteiger partial charge in [-0.3, -0.25) is 15.0 Å². The van der Waals surface area contributed by atoms with E-state index in [1.165, 1.54) is 12.1 Å². The van der Waals surface area contributed by atoms with Crippen LogP contribution in [0.25, 0.3) is 0 Å². The number of nitrogens with zero attached hydrogens (tertiary/aromatic N) is 4. The van der Waals surface area contributed by atoms with Crippen LogP contribution in [0.2, 0.25) is 0 Å². The van der Waals surface area contributed by atoms with E-state index >= 15 is 0 Å². The normalized spacial score (nSPS) is 22.0. The van der Waals surface area contributed by atoms with Gasteiger partial charge in [0.05, 0.1) is 22.3 Å². The number of anilines is 1. The van der Waals surface area contributed by atoms with Gasteiger partial charge in [0.1, 0.15) is 6.07 Å². The van der Waals surface area contributed by atoms with Crippen molar-refractivity contribution in [2.75, 3.05) is 44.2 Å². The van der Waals surface area contributed by atoms with Gasteiger partial charge in [0.2, 0.25) is 0 Å². The van der Waals surface area contributed by atoms with E-state index < -0.39 is 4.92 Å². The van der Waals surface area contributed by atoms with Crippen molar-refractivity contribution in [1.82, 2.24) is 4.90 Å². The zero-order valence-corrected chi connectivity index (χ0v) is 13.0. The minimum atomic E-state index is -0.468. The number of hydrogen-bond acceptors (Lipinski definition) is 6. The highest BCUT2D eigenvalue weighted by atomic mass is 16.6. The lowest BCUT2D eigenvalue weighted by Crippen LogP contribution is -2.48. The molecule has 1 atom stereocenters. The van der Waals surface area contributed by atoms with Crippen molar-refractivity contribution in [3.8, 4) is 6.07 Å². The molecule has 0 aliphatic carbocycles. The quantitative estimate of drug-likeness (QED) is 0.622. The van der Waals surface area contributed by atoms with Crippen LogP contribution in [0.3, 0.4) is 0 Å². The Morgan fingerprint density at radius 1 is 1.35 bits per heavy atom. The number of hydrogen-bond donors (Lipinski definition) is 0. The summed E-state index contributed by atoms with van der Waals surface area (Å²) in [7, 11) is 0. The van der Waals surface area contributed by atoms with E-state index in [9.17, 15) is 15.4 Å². The van der Waals surface area contributed by atoms with Crippen LogP contribution < -0.4 is 4.90 Å². The third-order valence-corrected chi connectivity index (χ3v) is 4.51. The summed E-state index contributed by atoms with van der Waals surface area (Å²) in [5, 5.41) is 20.1. The summed E-state index contributed by atoms with van der Waals surface area (Å²) < 4.78 is 5.68. The maximum atomic E-state index is 10.8. The number of non-ortho nitro benzene ring substituents is 1. The van der Waals surface area contributed by atoms with Gasteiger partial charge in [-0.2, -0.15) is 5.26 Å². The van der Waals surface area contributed by atoms with Gasteiger partial charge in [0.15, 0.2) is 0 Å². The van der Waals surface area contributed by atoms with Crippen molar-refractivity contribution in [2.45, 2.75) is 18.9 Å². The first-order chi connectivity index (χ1) is 11.2. The summed E-state index contributed by atoms with van der Waals surface area (Å²) in [5.41, 5.74) is 1.11. The van der Waals surface area contributed by atoms with E-state index in [1.807, 2.05) is 0 Å². The van der Waals surface area contributed by atoms with Gasteiger partial charge in [0, 0.05) is 51.5 Å². The first kappa shape index (κ1) is 15.7. The molecule has 7 heteroatoms. The van der Waals surface area contributed by atoms with Gasteiger partial charge in [-0.15, -0.1) is 0 Å². The summed E-state index contributed by atoms with van der Waals surface area (Å²) >= 11 is 0. The molecular formula is C16H20N4O3. The molecule has 0 aromatic heterocycles. The Labute approximate surface area is 135 Å². The Morgan fingerprint density at radius 3 is 2.74 bits per heavy atom. The molecule has 2 heterocycles. The van der Waals surface area contributed by atoms with Crippen LogP contribution >= 0.6 is 0 Å². The molecule has 0 unspecified atom stereocenters. The Bertz CT molecular complexity index is 614. The molecule has 0 saturated carbocycles. The van der Waals surface area contributed by atoms with Crippen LogP contribution in [0.15, 0.2) is 18.2 Å². The number of nitro groups is 1. The monoisotopic (exact) mass is 316 g/mol. The van der Waals surface area contributed by atoms with Crippen molar-refractivity contribution in [3.63, 3.8) is 0 Å². The molecule has 0 amide bonds. The van der Waals surface area contributed by atoms with Gasteiger partial charge < -0.3 is 9.64 Å². The molecule has 122 valence electrons. The van der Waals surface area contributed by atoms with Crippen LogP contribution in [0.1, 0.15) is 18.4 Å². The van der Waals surface area contributed by atoms with E-state index in [0.29, 0.717) is 11.7 Å². The van der Waals surface area contributed by atoms with Crippen LogP contribution in [-0.2, 0) is 4.74 Å². The van der Waals surface area contributed by atoms with Gasteiger partial charge in [-0.05, 0) is 18.9 Å². The van der Waals surface area contributed by atoms with Gasteiger partial charge in [0.25, 0.3) is 5.69 Å². The second kappa shape index (κ2) is 6.94. The fraction of sp³-hybridized carbons (Fsp3) is 0.562. The second-order valence-corrected chi connectivity index (χ2v) is 5.99. The molecule has 2 saturated heterocycles. The molecular weight excluding hydrogens is 296 g/mol. The van der Waals surface area contributed by atoms with Crippen molar-refractivity contribution < 1.29 is 9.66 Å². The highest BCUT2D eigenvalue weighted by molar-refractivity contribution is 5.63. The van der Waals surface area contributed by atoms with E-state index in [4.69, 9.17) is 4.74 Å². The Morgan fingerprint density at radius 2 is 2.13 bits per heavy atom. The third-order valence-electron chi connectivity index (χ3n) is 4.51. The number of rotatable bonds is 4. The summed E-state index contributed by atoms with van der Waals surface area (Å²) in [6, 6.07) is 6.59. The molecule has 2 fully saturated rings. The lowest BCUT2D eigenvalue weighted by molar-refractivity contribution is -0.384. The average Bonchev–Trinajstić information content (AvgIpc) is 3.08. The van der Waals surface area contributed by atoms with E-state index in [0.717, 1.165) is 57.9 Å². The van der Waals surface area contributed by atoms with Crippen molar-refractivity contribution in [3.05, 3.63) is 33.9 Å². The predicted octanol–water partition coefficient (Wildman–Crippen LogP) is 1.77. The molecule has 7 nitrogen and oxygen atoms in total. The molecule has 23 heavy (non-hydrogen) atoms. The zero-order chi connectivity index (χ0) is 16.2. The second-order valence-electron chi connectivity index (χ2n) is 5.99. The topological polar surface area (TPSA) is 82.6 Å². The van der Waals surface area contributed by atoms with Crippen LogP contribution in [0.5, 0.6) is 0 Å². The third kappa shape index (κ3) is 3.60. The number of benzene rings is 1. The number of nitro benzene ring substituents is 1. The number of nitriles is 1. The molecule has 0 radical (unpaired) electrons. The van der Waals surface area contributed by atoms with Crippen molar-refractivity contribution in [2.24, 2.45) is 0 Å². The standard InChI is InChI=1S/C16H20N4O3/c17-11-13-10-14(20(21)22)3-4-16(13)19-7-5-18(6-8-19)12-15-2-1-9-23-15/h3-4,10,15H,1-2,5-9,12H2/t15-/m0/s1. The predicted molar refractivity (Wildman–Crippen MR) is 85.4 cm³/mol. The molecule has 0 bridgehead atoms. The first-order valence-corrected chi connectivity index (χ1v) is 7.95. The van der Waals surface area contributed by atoms with Crippen LogP contribution in [0, 0.1) is 21.4 Å². The Balaban J connectivity index is 1.63. The van der Waals surface area contributed by atoms with E-state index in [2.05, 4.69) is 15.9 Å². The van der Waals surface area contributed by atoms with Gasteiger partial charge in [-0.25, -0.2) is 0 Å². The van der Waals surface area contributed by atoms with Crippen molar-refractivity contribution in [1.29, 1.82) is 5.26 Å². The summed E-state index contributed by atoms with van der Waals surface area (Å²) in [6.45, 7) is 5.32. The lowest BCUT2D eigenvalue weighted by Gasteiger charge is -2.37. The van der Waals surface area contributed by atoms with Crippen molar-refractivity contribution >= 4 is 11.4 Å². The maximum absolute atomic E-state index is 10.8. The molecule has 0 spiro atoms. The molecule has 2 aliphatic rings. The zero-order valence-electron chi connectivity index (χ0n) is 13.0. The van der Waals surface area contributed by atoms with Gasteiger partial charge in [-0.1, -0.05) is 0 Å². The fourth-order valence-corrected chi connectivity index (χ4v) is 3.25. The number of ether oxygens (including phenoxy) is 1. The minimum Gasteiger partial charge on any atom is -0.377 e. The fourth-order valence-electron chi connectivity index (χ4n) is 3.25. The molecule has 1 aromatic rings. The summed E-state index contributed by atoms with van der Waals surface area (Å²) in [5.74, 6) is 0. The summed E-state index contributed by atoms with van der Waals surface area (Å²) in [4.78, 5) is 14.9. The first-order valence-electron chi connectivity index (χ1n) is 7.95. The Hall–Kier alpha value is -2.17. The highest BCUT2D eigenvalue weighted by Gasteiger charge is 2.24. The molecule has 3 rings (SSSR count). The average molecular weight is 316 g/mol. The van der Waals surface area contributed by atoms with E-state index in [-0.39, 0.29) is 5.69 Å². The Kier molecular flexibility index (Phi) is 4.74. The minimum absolute atomic E-state index is 0.0395. The van der Waals surface area contributed by atoms with Gasteiger partial charge >= 0.3 is 0 Å². The number of piperazine rings is 1. The largest absolute Gasteiger partial charge is 0.377 e. The molecule has 0 N–H and O–H groups in total. The highest BCUT2D eigenvalue weighted by Crippen LogP contribution is 2.26. The maximum Gasteiger partial charge on any atom is 0.270 e. The lowest BCUT2D eigenvalue weighted by atomic mass is 10.1. The van der Waals surface area contributed by atoms with Crippen LogP contribution in [0.4, 0.5) is 11.4 Å².